The van der Waals surface area contributed by atoms with Crippen LogP contribution in [0, 0.1) is 10.1 Å². The maximum absolute atomic E-state index is 10.6. The van der Waals surface area contributed by atoms with Gasteiger partial charge >= 0.3 is 0 Å². The van der Waals surface area contributed by atoms with E-state index in [-0.39, 0.29) is 15.7 Å². The molecule has 0 amide bonds. The normalized spacial score (nSPS) is 10.4. The third kappa shape index (κ3) is 4.33. The first-order valence-corrected chi connectivity index (χ1v) is 6.18. The Hall–Kier alpha value is -1.04. The minimum absolute atomic E-state index is 0.116. The number of nitrogens with one attached hydrogen (secondary N) is 1. The Morgan fingerprint density at radius 1 is 1.33 bits per heavy atom. The van der Waals surface area contributed by atoms with Gasteiger partial charge in [-0.05, 0) is 12.8 Å². The molecule has 1 rings (SSSR count). The van der Waals surface area contributed by atoms with E-state index in [0.717, 1.165) is 12.8 Å². The SMILES string of the molecule is COCCCCNc1c(Cl)cc([N+](=O)[O-])cc1Cl. The van der Waals surface area contributed by atoms with E-state index in [9.17, 15) is 10.1 Å². The first-order chi connectivity index (χ1) is 8.56. The van der Waals surface area contributed by atoms with Crippen LogP contribution in [-0.2, 0) is 4.74 Å². The number of unbranched alkanes of at least 4 members (excludes halogenated alkanes) is 1. The topological polar surface area (TPSA) is 64.4 Å². The molecule has 0 aliphatic carbocycles. The summed E-state index contributed by atoms with van der Waals surface area (Å²) in [7, 11) is 1.65. The van der Waals surface area contributed by atoms with Crippen LogP contribution >= 0.6 is 23.2 Å². The molecule has 1 N–H and O–H groups in total. The van der Waals surface area contributed by atoms with Crippen LogP contribution in [0.25, 0.3) is 0 Å². The molecule has 5 nitrogen and oxygen atoms in total. The molecule has 1 aromatic carbocycles. The van der Waals surface area contributed by atoms with Gasteiger partial charge in [0.1, 0.15) is 0 Å². The fourth-order valence-corrected chi connectivity index (χ4v) is 2.03. The minimum atomic E-state index is -0.528. The Morgan fingerprint density at radius 2 is 1.94 bits per heavy atom. The summed E-state index contributed by atoms with van der Waals surface area (Å²) < 4.78 is 4.93. The zero-order chi connectivity index (χ0) is 13.5. The molecule has 0 aromatic heterocycles. The van der Waals surface area contributed by atoms with Crippen molar-refractivity contribution in [1.29, 1.82) is 0 Å². The fraction of sp³-hybridized carbons (Fsp3) is 0.455. The molecule has 7 heteroatoms. The van der Waals surface area contributed by atoms with Gasteiger partial charge < -0.3 is 10.1 Å². The average molecular weight is 293 g/mol. The molecule has 100 valence electrons. The largest absolute Gasteiger partial charge is 0.385 e. The molecular weight excluding hydrogens is 279 g/mol. The first-order valence-electron chi connectivity index (χ1n) is 5.42. The number of benzene rings is 1. The molecular formula is C11H14Cl2N2O3. The van der Waals surface area contributed by atoms with Crippen molar-refractivity contribution in [3.8, 4) is 0 Å². The van der Waals surface area contributed by atoms with Gasteiger partial charge in [0.15, 0.2) is 0 Å². The maximum Gasteiger partial charge on any atom is 0.272 e. The van der Waals surface area contributed by atoms with Crippen LogP contribution in [0.3, 0.4) is 0 Å². The van der Waals surface area contributed by atoms with Crippen molar-refractivity contribution in [3.63, 3.8) is 0 Å². The van der Waals surface area contributed by atoms with Crippen molar-refractivity contribution >= 4 is 34.6 Å². The molecule has 0 bridgehead atoms. The lowest BCUT2D eigenvalue weighted by Gasteiger charge is -2.10. The zero-order valence-electron chi connectivity index (χ0n) is 9.91. The number of ether oxygens (including phenoxy) is 1. The van der Waals surface area contributed by atoms with Crippen LogP contribution in [-0.4, -0.2) is 25.2 Å². The second kappa shape index (κ2) is 7.41. The number of nitrogens with zero attached hydrogens (tertiary/aromatic N) is 1. The molecule has 18 heavy (non-hydrogen) atoms. The van der Waals surface area contributed by atoms with Gasteiger partial charge in [-0.25, -0.2) is 0 Å². The number of nitro groups is 1. The summed E-state index contributed by atoms with van der Waals surface area (Å²) in [5.74, 6) is 0. The van der Waals surface area contributed by atoms with Crippen molar-refractivity contribution in [2.45, 2.75) is 12.8 Å². The fourth-order valence-electron chi connectivity index (χ4n) is 1.42. The van der Waals surface area contributed by atoms with E-state index >= 15 is 0 Å². The highest BCUT2D eigenvalue weighted by atomic mass is 35.5. The number of methoxy groups -OCH3 is 1. The predicted octanol–water partition coefficient (Wildman–Crippen LogP) is 3.74. The predicted molar refractivity (Wildman–Crippen MR) is 72.7 cm³/mol. The van der Waals surface area contributed by atoms with Crippen molar-refractivity contribution in [2.75, 3.05) is 25.6 Å². The molecule has 1 aromatic rings. The van der Waals surface area contributed by atoms with E-state index in [4.69, 9.17) is 27.9 Å². The van der Waals surface area contributed by atoms with E-state index in [0.29, 0.717) is 18.8 Å². The number of halogens is 2. The number of nitro benzene ring substituents is 1. The standard InChI is InChI=1S/C11H14Cl2N2O3/c1-18-5-3-2-4-14-11-9(12)6-8(15(16)17)7-10(11)13/h6-7,14H,2-5H2,1H3. The van der Waals surface area contributed by atoms with Crippen LogP contribution in [0.5, 0.6) is 0 Å². The molecule has 0 heterocycles. The van der Waals surface area contributed by atoms with Crippen LogP contribution in [0.2, 0.25) is 10.0 Å². The van der Waals surface area contributed by atoms with Gasteiger partial charge in [0, 0.05) is 32.4 Å². The summed E-state index contributed by atoms with van der Waals surface area (Å²) in [5.41, 5.74) is 0.413. The monoisotopic (exact) mass is 292 g/mol. The van der Waals surface area contributed by atoms with E-state index < -0.39 is 4.92 Å². The lowest BCUT2D eigenvalue weighted by atomic mass is 10.2. The molecule has 0 unspecified atom stereocenters. The average Bonchev–Trinajstić information content (AvgIpc) is 2.31. The van der Waals surface area contributed by atoms with Gasteiger partial charge in [-0.1, -0.05) is 23.2 Å². The Balaban J connectivity index is 2.63. The highest BCUT2D eigenvalue weighted by Gasteiger charge is 2.13. The second-order valence-corrected chi connectivity index (χ2v) is 4.48. The first kappa shape index (κ1) is 15.0. The molecule has 0 atom stereocenters. The van der Waals surface area contributed by atoms with Gasteiger partial charge in [0.05, 0.1) is 20.7 Å². The van der Waals surface area contributed by atoms with Gasteiger partial charge in [-0.15, -0.1) is 0 Å². The van der Waals surface area contributed by atoms with Crippen LogP contribution in [0.15, 0.2) is 12.1 Å². The van der Waals surface area contributed by atoms with Crippen molar-refractivity contribution < 1.29 is 9.66 Å². The van der Waals surface area contributed by atoms with E-state index in [1.807, 2.05) is 0 Å². The summed E-state index contributed by atoms with van der Waals surface area (Å²) in [6.07, 6.45) is 1.82. The smallest absolute Gasteiger partial charge is 0.272 e. The Kier molecular flexibility index (Phi) is 6.18. The van der Waals surface area contributed by atoms with Crippen LogP contribution < -0.4 is 5.32 Å². The minimum Gasteiger partial charge on any atom is -0.385 e. The van der Waals surface area contributed by atoms with Gasteiger partial charge in [-0.2, -0.15) is 0 Å². The number of hydrogen-bond donors (Lipinski definition) is 1. The highest BCUT2D eigenvalue weighted by Crippen LogP contribution is 2.34. The molecule has 0 fully saturated rings. The van der Waals surface area contributed by atoms with E-state index in [1.54, 1.807) is 7.11 Å². The Labute approximate surface area is 115 Å². The van der Waals surface area contributed by atoms with Crippen LogP contribution in [0.1, 0.15) is 12.8 Å². The number of anilines is 1. The summed E-state index contributed by atoms with van der Waals surface area (Å²) in [4.78, 5) is 10.1. The summed E-state index contributed by atoms with van der Waals surface area (Å²) in [6.45, 7) is 1.38. The van der Waals surface area contributed by atoms with Gasteiger partial charge in [0.25, 0.3) is 5.69 Å². The van der Waals surface area contributed by atoms with Crippen molar-refractivity contribution in [2.24, 2.45) is 0 Å². The van der Waals surface area contributed by atoms with Crippen molar-refractivity contribution in [1.82, 2.24) is 0 Å². The second-order valence-electron chi connectivity index (χ2n) is 3.67. The molecule has 0 saturated carbocycles. The summed E-state index contributed by atoms with van der Waals surface area (Å²) in [6, 6.07) is 2.57. The maximum atomic E-state index is 10.6. The highest BCUT2D eigenvalue weighted by molar-refractivity contribution is 6.39. The van der Waals surface area contributed by atoms with Crippen molar-refractivity contribution in [3.05, 3.63) is 32.3 Å². The molecule has 0 aliphatic rings. The molecule has 0 spiro atoms. The third-order valence-corrected chi connectivity index (χ3v) is 2.91. The zero-order valence-corrected chi connectivity index (χ0v) is 11.4. The molecule has 0 aliphatic heterocycles. The van der Waals surface area contributed by atoms with Gasteiger partial charge in [-0.3, -0.25) is 10.1 Å². The molecule has 0 radical (unpaired) electrons. The number of hydrogen-bond acceptors (Lipinski definition) is 4. The Bertz CT molecular complexity index is 404. The summed E-state index contributed by atoms with van der Waals surface area (Å²) >= 11 is 11.9. The Morgan fingerprint density at radius 3 is 2.44 bits per heavy atom. The van der Waals surface area contributed by atoms with Crippen LogP contribution in [0.4, 0.5) is 11.4 Å². The number of rotatable bonds is 7. The lowest BCUT2D eigenvalue weighted by Crippen LogP contribution is -2.04. The third-order valence-electron chi connectivity index (χ3n) is 2.31. The number of non-ortho nitro benzene ring substituents is 1. The lowest BCUT2D eigenvalue weighted by molar-refractivity contribution is -0.384. The molecule has 0 saturated heterocycles. The quantitative estimate of drug-likeness (QED) is 0.472. The summed E-state index contributed by atoms with van der Waals surface area (Å²) in [5, 5.41) is 14.2. The van der Waals surface area contributed by atoms with Gasteiger partial charge in [0.2, 0.25) is 0 Å². The van der Waals surface area contributed by atoms with E-state index in [2.05, 4.69) is 5.32 Å². The van der Waals surface area contributed by atoms with E-state index in [1.165, 1.54) is 12.1 Å².